The summed E-state index contributed by atoms with van der Waals surface area (Å²) in [4.78, 5) is 16.1. The molecule has 0 saturated heterocycles. The van der Waals surface area contributed by atoms with Crippen molar-refractivity contribution in [2.45, 2.75) is 13.0 Å². The van der Waals surface area contributed by atoms with E-state index in [1.54, 1.807) is 7.11 Å². The lowest BCUT2D eigenvalue weighted by molar-refractivity contribution is -0.120. The lowest BCUT2D eigenvalue weighted by Crippen LogP contribution is -2.24. The minimum atomic E-state index is -0.0535. The molecule has 1 N–H and O–H groups in total. The van der Waals surface area contributed by atoms with Crippen LogP contribution < -0.4 is 10.1 Å². The van der Waals surface area contributed by atoms with Crippen molar-refractivity contribution in [1.82, 2.24) is 10.3 Å². The van der Waals surface area contributed by atoms with Crippen molar-refractivity contribution in [3.05, 3.63) is 60.0 Å². The molecule has 0 saturated carbocycles. The van der Waals surface area contributed by atoms with Crippen LogP contribution in [0.1, 0.15) is 11.1 Å². The van der Waals surface area contributed by atoms with Gasteiger partial charge in [0.2, 0.25) is 5.91 Å². The molecule has 22 heavy (non-hydrogen) atoms. The number of oxazole rings is 1. The molecule has 112 valence electrons. The first kappa shape index (κ1) is 14.1. The smallest absolute Gasteiger partial charge is 0.224 e. The molecular weight excluding hydrogens is 280 g/mol. The van der Waals surface area contributed by atoms with E-state index in [0.717, 1.165) is 28.0 Å². The van der Waals surface area contributed by atoms with Crippen LogP contribution in [-0.2, 0) is 17.8 Å². The molecule has 0 bridgehead atoms. The highest BCUT2D eigenvalue weighted by Crippen LogP contribution is 2.18. The zero-order valence-electron chi connectivity index (χ0n) is 12.2. The van der Waals surface area contributed by atoms with Crippen LogP contribution >= 0.6 is 0 Å². The molecule has 1 amide bonds. The molecule has 0 spiro atoms. The third-order valence-electron chi connectivity index (χ3n) is 3.43. The maximum Gasteiger partial charge on any atom is 0.224 e. The van der Waals surface area contributed by atoms with Crippen LogP contribution in [0.5, 0.6) is 5.75 Å². The summed E-state index contributed by atoms with van der Waals surface area (Å²) in [5.41, 5.74) is 3.37. The van der Waals surface area contributed by atoms with Gasteiger partial charge in [0.1, 0.15) is 11.3 Å². The van der Waals surface area contributed by atoms with Gasteiger partial charge in [0.15, 0.2) is 12.0 Å². The number of ether oxygens (including phenoxy) is 1. The van der Waals surface area contributed by atoms with Gasteiger partial charge in [-0.15, -0.1) is 0 Å². The molecule has 2 aromatic carbocycles. The van der Waals surface area contributed by atoms with Crippen molar-refractivity contribution in [2.24, 2.45) is 0 Å². The Morgan fingerprint density at radius 1 is 1.27 bits per heavy atom. The highest BCUT2D eigenvalue weighted by Gasteiger charge is 2.08. The van der Waals surface area contributed by atoms with E-state index < -0.39 is 0 Å². The normalized spacial score (nSPS) is 10.6. The van der Waals surface area contributed by atoms with Gasteiger partial charge in [-0.1, -0.05) is 24.3 Å². The molecular formula is C17H16N2O3. The Bertz CT molecular complexity index is 795. The Labute approximate surface area is 127 Å². The summed E-state index contributed by atoms with van der Waals surface area (Å²) in [6, 6.07) is 13.2. The molecule has 1 heterocycles. The number of benzene rings is 2. The number of amides is 1. The molecule has 3 aromatic rings. The van der Waals surface area contributed by atoms with Gasteiger partial charge in [0, 0.05) is 12.1 Å². The van der Waals surface area contributed by atoms with Crippen molar-refractivity contribution in [1.29, 1.82) is 0 Å². The summed E-state index contributed by atoms with van der Waals surface area (Å²) in [6.45, 7) is 0.449. The number of rotatable bonds is 5. The molecule has 0 aliphatic heterocycles. The Morgan fingerprint density at radius 2 is 2.14 bits per heavy atom. The number of fused-ring (bicyclic) bond motifs is 1. The van der Waals surface area contributed by atoms with Gasteiger partial charge < -0.3 is 14.5 Å². The maximum absolute atomic E-state index is 12.1. The zero-order chi connectivity index (χ0) is 15.4. The van der Waals surface area contributed by atoms with Gasteiger partial charge in [-0.25, -0.2) is 4.98 Å². The quantitative estimate of drug-likeness (QED) is 0.786. The molecule has 5 heteroatoms. The average molecular weight is 296 g/mol. The van der Waals surface area contributed by atoms with E-state index in [9.17, 15) is 4.79 Å². The predicted molar refractivity (Wildman–Crippen MR) is 82.6 cm³/mol. The molecule has 0 unspecified atom stereocenters. The van der Waals surface area contributed by atoms with E-state index >= 15 is 0 Å². The minimum Gasteiger partial charge on any atom is -0.496 e. The van der Waals surface area contributed by atoms with E-state index in [1.165, 1.54) is 6.39 Å². The van der Waals surface area contributed by atoms with Crippen molar-refractivity contribution in [3.8, 4) is 5.75 Å². The summed E-state index contributed by atoms with van der Waals surface area (Å²) in [5.74, 6) is 0.669. The lowest BCUT2D eigenvalue weighted by Gasteiger charge is -2.09. The fourth-order valence-electron chi connectivity index (χ4n) is 2.29. The number of nitrogens with one attached hydrogen (secondary N) is 1. The van der Waals surface area contributed by atoms with Crippen LogP contribution in [0.3, 0.4) is 0 Å². The van der Waals surface area contributed by atoms with Crippen LogP contribution in [0.2, 0.25) is 0 Å². The van der Waals surface area contributed by atoms with Gasteiger partial charge >= 0.3 is 0 Å². The highest BCUT2D eigenvalue weighted by atomic mass is 16.5. The lowest BCUT2D eigenvalue weighted by atomic mass is 10.1. The number of carbonyl (C=O) groups is 1. The van der Waals surface area contributed by atoms with Crippen LogP contribution in [0.4, 0.5) is 0 Å². The standard InChI is InChI=1S/C17H16N2O3/c1-21-15-5-3-2-4-13(15)9-17(20)18-10-12-6-7-14-16(8-12)22-11-19-14/h2-8,11H,9-10H2,1H3,(H,18,20). The van der Waals surface area contributed by atoms with E-state index in [4.69, 9.17) is 9.15 Å². The monoisotopic (exact) mass is 296 g/mol. The molecule has 5 nitrogen and oxygen atoms in total. The number of hydrogen-bond acceptors (Lipinski definition) is 4. The number of hydrogen-bond donors (Lipinski definition) is 1. The second-order valence-electron chi connectivity index (χ2n) is 4.92. The Balaban J connectivity index is 1.62. The molecule has 0 fully saturated rings. The van der Waals surface area contributed by atoms with E-state index in [1.807, 2.05) is 42.5 Å². The Kier molecular flexibility index (Phi) is 4.05. The van der Waals surface area contributed by atoms with Crippen LogP contribution in [0.15, 0.2) is 53.3 Å². The van der Waals surface area contributed by atoms with Crippen LogP contribution in [0, 0.1) is 0 Å². The van der Waals surface area contributed by atoms with E-state index in [0.29, 0.717) is 6.54 Å². The molecule has 0 radical (unpaired) electrons. The SMILES string of the molecule is COc1ccccc1CC(=O)NCc1ccc2ncoc2c1. The number of nitrogens with zero attached hydrogens (tertiary/aromatic N) is 1. The first-order valence-electron chi connectivity index (χ1n) is 6.97. The van der Waals surface area contributed by atoms with Gasteiger partial charge in [-0.3, -0.25) is 4.79 Å². The number of carbonyl (C=O) groups excluding carboxylic acids is 1. The van der Waals surface area contributed by atoms with Gasteiger partial charge in [-0.05, 0) is 23.8 Å². The maximum atomic E-state index is 12.1. The summed E-state index contributed by atoms with van der Waals surface area (Å²) in [5, 5.41) is 2.90. The fraction of sp³-hybridized carbons (Fsp3) is 0.176. The van der Waals surface area contributed by atoms with Crippen molar-refractivity contribution >= 4 is 17.0 Å². The topological polar surface area (TPSA) is 64.4 Å². The summed E-state index contributed by atoms with van der Waals surface area (Å²) in [7, 11) is 1.60. The molecule has 0 atom stereocenters. The minimum absolute atomic E-state index is 0.0535. The molecule has 1 aromatic heterocycles. The fourth-order valence-corrected chi connectivity index (χ4v) is 2.29. The number of methoxy groups -OCH3 is 1. The van der Waals surface area contributed by atoms with Crippen LogP contribution in [-0.4, -0.2) is 18.0 Å². The number of aromatic nitrogens is 1. The second-order valence-corrected chi connectivity index (χ2v) is 4.92. The van der Waals surface area contributed by atoms with E-state index in [2.05, 4.69) is 10.3 Å². The number of para-hydroxylation sites is 1. The van der Waals surface area contributed by atoms with Crippen LogP contribution in [0.25, 0.3) is 11.1 Å². The molecule has 0 aliphatic rings. The average Bonchev–Trinajstić information content (AvgIpc) is 3.01. The Morgan fingerprint density at radius 3 is 3.00 bits per heavy atom. The predicted octanol–water partition coefficient (Wildman–Crippen LogP) is 2.70. The third kappa shape index (κ3) is 3.09. The zero-order valence-corrected chi connectivity index (χ0v) is 12.2. The van der Waals surface area contributed by atoms with E-state index in [-0.39, 0.29) is 12.3 Å². The third-order valence-corrected chi connectivity index (χ3v) is 3.43. The molecule has 0 aliphatic carbocycles. The summed E-state index contributed by atoms with van der Waals surface area (Å²) in [6.07, 6.45) is 1.70. The second kappa shape index (κ2) is 6.30. The van der Waals surface area contributed by atoms with Gasteiger partial charge in [0.25, 0.3) is 0 Å². The highest BCUT2D eigenvalue weighted by molar-refractivity contribution is 5.79. The molecule has 3 rings (SSSR count). The Hall–Kier alpha value is -2.82. The van der Waals surface area contributed by atoms with Crippen molar-refractivity contribution in [2.75, 3.05) is 7.11 Å². The van der Waals surface area contributed by atoms with Crippen molar-refractivity contribution in [3.63, 3.8) is 0 Å². The summed E-state index contributed by atoms with van der Waals surface area (Å²) < 4.78 is 10.5. The largest absolute Gasteiger partial charge is 0.496 e. The summed E-state index contributed by atoms with van der Waals surface area (Å²) >= 11 is 0. The van der Waals surface area contributed by atoms with Gasteiger partial charge in [-0.2, -0.15) is 0 Å². The van der Waals surface area contributed by atoms with Crippen molar-refractivity contribution < 1.29 is 13.9 Å². The van der Waals surface area contributed by atoms with Gasteiger partial charge in [0.05, 0.1) is 13.5 Å². The first-order chi connectivity index (χ1) is 10.8. The first-order valence-corrected chi connectivity index (χ1v) is 6.97.